The first-order valence-corrected chi connectivity index (χ1v) is 14.2. The second-order valence-corrected chi connectivity index (χ2v) is 12.7. The van der Waals surface area contributed by atoms with Gasteiger partial charge in [-0.2, -0.15) is 0 Å². The largest absolute Gasteiger partial charge is 0.548 e. The number of aliphatic carboxylic acids is 1. The van der Waals surface area contributed by atoms with Crippen LogP contribution in [0.3, 0.4) is 0 Å². The quantitative estimate of drug-likeness (QED) is 0.272. The van der Waals surface area contributed by atoms with Gasteiger partial charge >= 0.3 is 5.97 Å². The molecule has 0 saturated heterocycles. The Balaban J connectivity index is 1.38. The van der Waals surface area contributed by atoms with Crippen LogP contribution in [-0.4, -0.2) is 75.2 Å². The lowest BCUT2D eigenvalue weighted by atomic mass is 9.45. The number of esters is 1. The van der Waals surface area contributed by atoms with Gasteiger partial charge in [0.05, 0.1) is 30.6 Å². The molecule has 0 heterocycles. The molecular formula is C29H40NO10-. The van der Waals surface area contributed by atoms with Crippen molar-refractivity contribution in [1.82, 2.24) is 5.32 Å². The third-order valence-electron chi connectivity index (χ3n) is 10.5. The number of allylic oxidation sites excluding steroid dienone is 1. The summed E-state index contributed by atoms with van der Waals surface area (Å²) in [5.41, 5.74) is -1.90. The predicted molar refractivity (Wildman–Crippen MR) is 137 cm³/mol. The number of carboxylic acid groups (broad SMARTS) is 1. The maximum absolute atomic E-state index is 13.3. The summed E-state index contributed by atoms with van der Waals surface area (Å²) in [6.07, 6.45) is 2.38. The van der Waals surface area contributed by atoms with Crippen LogP contribution < -0.4 is 10.4 Å². The molecule has 0 radical (unpaired) electrons. The van der Waals surface area contributed by atoms with Gasteiger partial charge in [0, 0.05) is 18.3 Å². The molecule has 0 aromatic rings. The number of nitrogens with one attached hydrogen (secondary N) is 1. The Morgan fingerprint density at radius 2 is 1.85 bits per heavy atom. The van der Waals surface area contributed by atoms with E-state index in [0.717, 1.165) is 18.4 Å². The fraction of sp³-hybridized carbons (Fsp3) is 0.759. The van der Waals surface area contributed by atoms with Gasteiger partial charge < -0.3 is 35.3 Å². The first-order chi connectivity index (χ1) is 18.6. The standard InChI is InChI=1S/C29H41NO10/c1-15(31)25(26(37)38)30-22(35)6-7-23(36)40-14-21(34)29(39)11-9-19-18-5-4-16-12-17(32)8-10-27(16,2)24(18)20(33)13-28(19,29)3/h12,15,18-20,24-25,31,33,39H,4-11,13-14H2,1-3H3,(H,30,35)(H,37,38)/p-1/t15-,18-,19-,20+,24+,25+,27-,28-,29+/m0/s1. The van der Waals surface area contributed by atoms with Gasteiger partial charge in [-0.05, 0) is 74.7 Å². The van der Waals surface area contributed by atoms with Crippen LogP contribution in [0.5, 0.6) is 0 Å². The molecule has 11 nitrogen and oxygen atoms in total. The van der Waals surface area contributed by atoms with E-state index in [1.54, 1.807) is 6.08 Å². The lowest BCUT2D eigenvalue weighted by Gasteiger charge is -2.60. The van der Waals surface area contributed by atoms with Crippen molar-refractivity contribution in [3.63, 3.8) is 0 Å². The summed E-state index contributed by atoms with van der Waals surface area (Å²) >= 11 is 0. The summed E-state index contributed by atoms with van der Waals surface area (Å²) in [4.78, 5) is 60.6. The van der Waals surface area contributed by atoms with E-state index >= 15 is 0 Å². The van der Waals surface area contributed by atoms with Crippen LogP contribution in [0.2, 0.25) is 0 Å². The van der Waals surface area contributed by atoms with Crippen molar-refractivity contribution >= 4 is 29.4 Å². The highest BCUT2D eigenvalue weighted by atomic mass is 16.5. The number of carbonyl (C=O) groups is 5. The minimum Gasteiger partial charge on any atom is -0.548 e. The van der Waals surface area contributed by atoms with Crippen LogP contribution in [-0.2, 0) is 28.7 Å². The van der Waals surface area contributed by atoms with Crippen LogP contribution in [0.4, 0.5) is 0 Å². The van der Waals surface area contributed by atoms with Gasteiger partial charge in [0.25, 0.3) is 0 Å². The number of amides is 1. The van der Waals surface area contributed by atoms with E-state index in [9.17, 15) is 44.4 Å². The van der Waals surface area contributed by atoms with Crippen molar-refractivity contribution in [3.8, 4) is 0 Å². The van der Waals surface area contributed by atoms with E-state index in [1.165, 1.54) is 6.92 Å². The molecule has 0 aliphatic heterocycles. The Hall–Kier alpha value is -2.63. The molecule has 0 aromatic heterocycles. The molecule has 0 unspecified atom stereocenters. The van der Waals surface area contributed by atoms with E-state index < -0.39 is 72.3 Å². The average molecular weight is 563 g/mol. The number of aliphatic hydroxyl groups is 3. The van der Waals surface area contributed by atoms with E-state index in [1.807, 2.05) is 6.92 Å². The lowest BCUT2D eigenvalue weighted by Crippen LogP contribution is -2.62. The Kier molecular flexibility index (Phi) is 8.33. The molecule has 4 N–H and O–H groups in total. The third kappa shape index (κ3) is 5.12. The first-order valence-electron chi connectivity index (χ1n) is 14.2. The Labute approximate surface area is 233 Å². The van der Waals surface area contributed by atoms with Crippen molar-refractivity contribution in [2.75, 3.05) is 6.61 Å². The maximum Gasteiger partial charge on any atom is 0.306 e. The smallest absolute Gasteiger partial charge is 0.306 e. The monoisotopic (exact) mass is 562 g/mol. The zero-order valence-electron chi connectivity index (χ0n) is 23.3. The molecule has 1 amide bonds. The van der Waals surface area contributed by atoms with E-state index in [4.69, 9.17) is 4.74 Å². The molecule has 4 aliphatic carbocycles. The molecule has 222 valence electrons. The van der Waals surface area contributed by atoms with Crippen molar-refractivity contribution in [1.29, 1.82) is 0 Å². The number of ketones is 2. The number of fused-ring (bicyclic) bond motifs is 5. The summed E-state index contributed by atoms with van der Waals surface area (Å²) in [5.74, 6) is -3.88. The SMILES string of the molecule is C[C@H](O)[C@@H](NC(=O)CCC(=O)OCC(=O)[C@]1(O)CC[C@H]2[C@@H]3CCC4=CC(=O)CC[C@]4(C)[C@H]3[C@H](O)C[C@@]21C)C(=O)[O-]. The number of aliphatic hydroxyl groups excluding tert-OH is 2. The number of Topliss-reactive ketones (excluding diaryl/α,β-unsaturated/α-hetero) is 1. The molecule has 4 rings (SSSR count). The van der Waals surface area contributed by atoms with E-state index in [2.05, 4.69) is 12.2 Å². The predicted octanol–water partition coefficient (Wildman–Crippen LogP) is -0.272. The van der Waals surface area contributed by atoms with Gasteiger partial charge in [-0.3, -0.25) is 19.2 Å². The zero-order chi connectivity index (χ0) is 29.6. The van der Waals surface area contributed by atoms with Crippen LogP contribution in [0.1, 0.15) is 78.6 Å². The number of hydrogen-bond donors (Lipinski definition) is 4. The van der Waals surface area contributed by atoms with Crippen LogP contribution >= 0.6 is 0 Å². The molecule has 3 saturated carbocycles. The molecule has 0 aromatic carbocycles. The van der Waals surface area contributed by atoms with Crippen molar-refractivity contribution < 1.29 is 49.1 Å². The number of rotatable bonds is 9. The van der Waals surface area contributed by atoms with Crippen LogP contribution in [0.15, 0.2) is 11.6 Å². The van der Waals surface area contributed by atoms with Crippen molar-refractivity contribution in [2.45, 2.75) is 102 Å². The number of carboxylic acids is 1. The third-order valence-corrected chi connectivity index (χ3v) is 10.5. The summed E-state index contributed by atoms with van der Waals surface area (Å²) in [6, 6.07) is -1.63. The zero-order valence-corrected chi connectivity index (χ0v) is 23.3. The maximum atomic E-state index is 13.3. The summed E-state index contributed by atoms with van der Waals surface area (Å²) in [6.45, 7) is 4.45. The second-order valence-electron chi connectivity index (χ2n) is 12.7. The second kappa shape index (κ2) is 11.0. The van der Waals surface area contributed by atoms with Gasteiger partial charge in [-0.25, -0.2) is 0 Å². The molecule has 4 aliphatic rings. The molecule has 3 fully saturated rings. The number of carbonyl (C=O) groups excluding carboxylic acids is 5. The van der Waals surface area contributed by atoms with Crippen LogP contribution in [0, 0.1) is 28.6 Å². The summed E-state index contributed by atoms with van der Waals surface area (Å²) in [5, 5.41) is 45.7. The van der Waals surface area contributed by atoms with Gasteiger partial charge in [-0.15, -0.1) is 0 Å². The normalized spacial score (nSPS) is 38.1. The lowest BCUT2D eigenvalue weighted by molar-refractivity contribution is -0.310. The fourth-order valence-corrected chi connectivity index (χ4v) is 8.33. The van der Waals surface area contributed by atoms with Crippen LogP contribution in [0.25, 0.3) is 0 Å². The van der Waals surface area contributed by atoms with Gasteiger partial charge in [-0.1, -0.05) is 19.4 Å². The molecule has 0 bridgehead atoms. The van der Waals surface area contributed by atoms with E-state index in [-0.39, 0.29) is 41.8 Å². The molecule has 11 heteroatoms. The van der Waals surface area contributed by atoms with Gasteiger partial charge in [0.15, 0.2) is 12.4 Å². The highest BCUT2D eigenvalue weighted by Crippen LogP contribution is 2.67. The summed E-state index contributed by atoms with van der Waals surface area (Å²) < 4.78 is 5.08. The molecule has 9 atom stereocenters. The van der Waals surface area contributed by atoms with Crippen molar-refractivity contribution in [3.05, 3.63) is 11.6 Å². The molecule has 40 heavy (non-hydrogen) atoms. The minimum absolute atomic E-state index is 0.0177. The average Bonchev–Trinajstić information content (AvgIpc) is 3.15. The molecular weight excluding hydrogens is 522 g/mol. The minimum atomic E-state index is -1.79. The topological polar surface area (TPSA) is 190 Å². The number of hydrogen-bond acceptors (Lipinski definition) is 10. The number of ether oxygens (including phenoxy) is 1. The van der Waals surface area contributed by atoms with Gasteiger partial charge in [0.2, 0.25) is 11.7 Å². The highest BCUT2D eigenvalue weighted by molar-refractivity contribution is 5.92. The summed E-state index contributed by atoms with van der Waals surface area (Å²) in [7, 11) is 0. The first kappa shape index (κ1) is 30.3. The molecule has 0 spiro atoms. The Bertz CT molecular complexity index is 1120. The Morgan fingerprint density at radius 1 is 1.15 bits per heavy atom. The highest BCUT2D eigenvalue weighted by Gasteiger charge is 2.68. The Morgan fingerprint density at radius 3 is 2.50 bits per heavy atom. The van der Waals surface area contributed by atoms with E-state index in [0.29, 0.717) is 19.3 Å². The fourth-order valence-electron chi connectivity index (χ4n) is 8.33. The van der Waals surface area contributed by atoms with Gasteiger partial charge in [0.1, 0.15) is 5.60 Å². The van der Waals surface area contributed by atoms with Crippen molar-refractivity contribution in [2.24, 2.45) is 28.6 Å².